The van der Waals surface area contributed by atoms with E-state index < -0.39 is 0 Å². The highest BCUT2D eigenvalue weighted by atomic mass is 19.1. The summed E-state index contributed by atoms with van der Waals surface area (Å²) in [6.07, 6.45) is -0.338. The fourth-order valence-electron chi connectivity index (χ4n) is 4.93. The fraction of sp³-hybridized carbons (Fsp3) is 0.100. The Bertz CT molecular complexity index is 1480. The van der Waals surface area contributed by atoms with E-state index in [0.717, 1.165) is 44.5 Å². The lowest BCUT2D eigenvalue weighted by atomic mass is 9.84. The molecule has 0 fully saturated rings. The van der Waals surface area contributed by atoms with E-state index in [1.807, 2.05) is 48.5 Å². The molecule has 3 N–H and O–H groups in total. The molecule has 2 heterocycles. The number of nitrogens with two attached hydrogens (primary N) is 1. The minimum absolute atomic E-state index is 0.125. The Kier molecular flexibility index (Phi) is 5.01. The van der Waals surface area contributed by atoms with E-state index in [0.29, 0.717) is 17.8 Å². The van der Waals surface area contributed by atoms with Gasteiger partial charge < -0.3 is 15.8 Å². The predicted molar refractivity (Wildman–Crippen MR) is 134 cm³/mol. The Morgan fingerprint density at radius 3 is 2.11 bits per heavy atom. The van der Waals surface area contributed by atoms with Crippen LogP contribution in [-0.4, -0.2) is 5.91 Å². The standard InChI is InChI=1S/C30H23FN2O2/c1-17(32)19-4-2-18(3-5-19)16-33-30(34)22-9-13-25-27(15-22)29-26-14-21(8-12-24(26)28(25)35-29)20-6-10-23(31)11-7-20/h2-15,28-29H,1,16,32H2,(H,33,34)/t28-,29+/m0/s1. The Labute approximate surface area is 202 Å². The highest BCUT2D eigenvalue weighted by molar-refractivity contribution is 5.94. The van der Waals surface area contributed by atoms with Crippen molar-refractivity contribution in [2.75, 3.05) is 0 Å². The largest absolute Gasteiger partial charge is 0.399 e. The number of carbonyl (C=O) groups is 1. The summed E-state index contributed by atoms with van der Waals surface area (Å²) in [5.74, 6) is -0.390. The topological polar surface area (TPSA) is 64.3 Å². The molecule has 0 radical (unpaired) electrons. The lowest BCUT2D eigenvalue weighted by molar-refractivity contribution is 0.0857. The van der Waals surface area contributed by atoms with E-state index in [-0.39, 0.29) is 23.9 Å². The molecule has 5 heteroatoms. The number of nitrogens with one attached hydrogen (secondary N) is 1. The summed E-state index contributed by atoms with van der Waals surface area (Å²) in [7, 11) is 0. The summed E-state index contributed by atoms with van der Waals surface area (Å²) in [5, 5.41) is 2.99. The number of halogens is 1. The van der Waals surface area contributed by atoms with Crippen molar-refractivity contribution in [1.82, 2.24) is 5.32 Å². The van der Waals surface area contributed by atoms with Crippen LogP contribution in [0.15, 0.2) is 91.5 Å². The quantitative estimate of drug-likeness (QED) is 0.390. The smallest absolute Gasteiger partial charge is 0.251 e. The Morgan fingerprint density at radius 2 is 1.40 bits per heavy atom. The van der Waals surface area contributed by atoms with E-state index >= 15 is 0 Å². The number of hydrogen-bond acceptors (Lipinski definition) is 3. The molecule has 4 aromatic carbocycles. The highest BCUT2D eigenvalue weighted by Crippen LogP contribution is 2.54. The van der Waals surface area contributed by atoms with Crippen LogP contribution < -0.4 is 11.1 Å². The van der Waals surface area contributed by atoms with E-state index in [1.165, 1.54) is 12.1 Å². The fourth-order valence-corrected chi connectivity index (χ4v) is 4.93. The molecule has 0 unspecified atom stereocenters. The van der Waals surface area contributed by atoms with Crippen molar-refractivity contribution >= 4 is 11.6 Å². The lowest BCUT2D eigenvalue weighted by Crippen LogP contribution is -2.23. The molecule has 2 aliphatic heterocycles. The molecule has 0 aromatic heterocycles. The lowest BCUT2D eigenvalue weighted by Gasteiger charge is -2.18. The average molecular weight is 463 g/mol. The number of fused-ring (bicyclic) bond motifs is 8. The maximum atomic E-state index is 13.3. The molecule has 0 aliphatic carbocycles. The first kappa shape index (κ1) is 21.3. The van der Waals surface area contributed by atoms with Crippen LogP contribution in [-0.2, 0) is 11.3 Å². The van der Waals surface area contributed by atoms with Gasteiger partial charge in [-0.3, -0.25) is 4.79 Å². The SMILES string of the molecule is C=C(N)c1ccc(CNC(=O)c2ccc3c(c2)[C@@H]2O[C@H]3c3ccc(-c4ccc(F)cc4)cc32)cc1. The molecule has 4 nitrogen and oxygen atoms in total. The summed E-state index contributed by atoms with van der Waals surface area (Å²) in [4.78, 5) is 12.9. The van der Waals surface area contributed by atoms with Crippen molar-refractivity contribution in [3.05, 3.63) is 136 Å². The van der Waals surface area contributed by atoms with Crippen LogP contribution in [0.4, 0.5) is 4.39 Å². The van der Waals surface area contributed by atoms with Gasteiger partial charge in [-0.15, -0.1) is 0 Å². The summed E-state index contributed by atoms with van der Waals surface area (Å²) in [6, 6.07) is 26.2. The summed E-state index contributed by atoms with van der Waals surface area (Å²) in [5.41, 5.74) is 15.0. The molecule has 0 saturated carbocycles. The summed E-state index contributed by atoms with van der Waals surface area (Å²) >= 11 is 0. The second-order valence-corrected chi connectivity index (χ2v) is 9.00. The Morgan fingerprint density at radius 1 is 0.800 bits per heavy atom. The van der Waals surface area contributed by atoms with Crippen molar-refractivity contribution in [3.63, 3.8) is 0 Å². The van der Waals surface area contributed by atoms with Gasteiger partial charge in [0, 0.05) is 17.8 Å². The first-order valence-corrected chi connectivity index (χ1v) is 11.5. The van der Waals surface area contributed by atoms with Gasteiger partial charge in [0.2, 0.25) is 0 Å². The molecule has 4 aromatic rings. The van der Waals surface area contributed by atoms with Crippen LogP contribution in [0, 0.1) is 5.82 Å². The van der Waals surface area contributed by atoms with Gasteiger partial charge in [0.25, 0.3) is 5.91 Å². The van der Waals surface area contributed by atoms with Gasteiger partial charge in [0.1, 0.15) is 18.0 Å². The monoisotopic (exact) mass is 462 g/mol. The van der Waals surface area contributed by atoms with Gasteiger partial charge in [-0.1, -0.05) is 61.2 Å². The Hall–Kier alpha value is -4.22. The summed E-state index contributed by atoms with van der Waals surface area (Å²) in [6.45, 7) is 4.15. The van der Waals surface area contributed by atoms with Crippen LogP contribution >= 0.6 is 0 Å². The van der Waals surface area contributed by atoms with E-state index in [4.69, 9.17) is 10.5 Å². The van der Waals surface area contributed by atoms with Crippen LogP contribution in [0.25, 0.3) is 16.8 Å². The molecule has 2 bridgehead atoms. The van der Waals surface area contributed by atoms with Gasteiger partial charge >= 0.3 is 0 Å². The first-order chi connectivity index (χ1) is 17.0. The van der Waals surface area contributed by atoms with E-state index in [1.54, 1.807) is 12.1 Å². The van der Waals surface area contributed by atoms with Crippen molar-refractivity contribution in [2.24, 2.45) is 5.73 Å². The second-order valence-electron chi connectivity index (χ2n) is 9.00. The van der Waals surface area contributed by atoms with E-state index in [2.05, 4.69) is 24.0 Å². The summed E-state index contributed by atoms with van der Waals surface area (Å²) < 4.78 is 19.7. The predicted octanol–water partition coefficient (Wildman–Crippen LogP) is 5.87. The molecular weight excluding hydrogens is 439 g/mol. The van der Waals surface area contributed by atoms with Crippen molar-refractivity contribution < 1.29 is 13.9 Å². The van der Waals surface area contributed by atoms with Gasteiger partial charge in [-0.2, -0.15) is 0 Å². The molecule has 1 amide bonds. The van der Waals surface area contributed by atoms with Gasteiger partial charge in [-0.05, 0) is 74.8 Å². The zero-order valence-corrected chi connectivity index (χ0v) is 18.9. The number of benzene rings is 4. The molecule has 35 heavy (non-hydrogen) atoms. The van der Waals surface area contributed by atoms with Crippen molar-refractivity contribution in [3.8, 4) is 11.1 Å². The third-order valence-electron chi connectivity index (χ3n) is 6.79. The van der Waals surface area contributed by atoms with Crippen molar-refractivity contribution in [1.29, 1.82) is 0 Å². The number of ether oxygens (including phenoxy) is 1. The molecule has 6 rings (SSSR count). The van der Waals surface area contributed by atoms with Crippen LogP contribution in [0.2, 0.25) is 0 Å². The Balaban J connectivity index is 1.22. The number of hydrogen-bond donors (Lipinski definition) is 2. The average Bonchev–Trinajstić information content (AvgIpc) is 3.45. The highest BCUT2D eigenvalue weighted by Gasteiger charge is 2.43. The number of carbonyl (C=O) groups excluding carboxylic acids is 1. The molecular formula is C30H23FN2O2. The molecule has 0 spiro atoms. The second kappa shape index (κ2) is 8.22. The van der Waals surface area contributed by atoms with Crippen LogP contribution in [0.3, 0.4) is 0 Å². The van der Waals surface area contributed by atoms with Crippen LogP contribution in [0.5, 0.6) is 0 Å². The van der Waals surface area contributed by atoms with Gasteiger partial charge in [-0.25, -0.2) is 4.39 Å². The van der Waals surface area contributed by atoms with Gasteiger partial charge in [0.05, 0.1) is 0 Å². The zero-order chi connectivity index (χ0) is 24.1. The zero-order valence-electron chi connectivity index (χ0n) is 18.9. The minimum Gasteiger partial charge on any atom is -0.399 e. The maximum Gasteiger partial charge on any atom is 0.251 e. The molecule has 172 valence electrons. The third-order valence-corrected chi connectivity index (χ3v) is 6.79. The molecule has 2 atom stereocenters. The third kappa shape index (κ3) is 3.70. The number of amides is 1. The van der Waals surface area contributed by atoms with Crippen molar-refractivity contribution in [2.45, 2.75) is 18.8 Å². The maximum absolute atomic E-state index is 13.3. The molecule has 2 aliphatic rings. The number of rotatable bonds is 5. The van der Waals surface area contributed by atoms with E-state index in [9.17, 15) is 9.18 Å². The first-order valence-electron chi connectivity index (χ1n) is 11.5. The normalized spacial score (nSPS) is 17.1. The molecule has 0 saturated heterocycles. The van der Waals surface area contributed by atoms with Gasteiger partial charge in [0.15, 0.2) is 0 Å². The van der Waals surface area contributed by atoms with Crippen LogP contribution in [0.1, 0.15) is 55.9 Å². The minimum atomic E-state index is -0.254.